The molecule has 3 heterocycles. The van der Waals surface area contributed by atoms with Gasteiger partial charge >= 0.3 is 5.97 Å². The Balaban J connectivity index is 0.00000101. The summed E-state index contributed by atoms with van der Waals surface area (Å²) in [5.74, 6) is -0.538. The average molecular weight is 693 g/mol. The molecule has 0 fully saturated rings. The van der Waals surface area contributed by atoms with Crippen LogP contribution in [-0.2, 0) is 21.5 Å². The molecular weight excluding hydrogens is 656 g/mol. The van der Waals surface area contributed by atoms with Crippen molar-refractivity contribution < 1.29 is 37.1 Å². The van der Waals surface area contributed by atoms with E-state index in [-0.39, 0.29) is 17.9 Å². The van der Waals surface area contributed by atoms with Crippen molar-refractivity contribution in [1.82, 2.24) is 19.3 Å². The normalized spacial score (nSPS) is 13.0. The highest BCUT2D eigenvalue weighted by atomic mass is 32.2. The van der Waals surface area contributed by atoms with E-state index < -0.39 is 39.0 Å². The Morgan fingerprint density at radius 2 is 1.71 bits per heavy atom. The van der Waals surface area contributed by atoms with Gasteiger partial charge in [-0.3, -0.25) is 28.6 Å². The fourth-order valence-corrected chi connectivity index (χ4v) is 4.75. The molecule has 0 aliphatic carbocycles. The molecule has 5 aromatic rings. The fourth-order valence-electron chi connectivity index (χ4n) is 4.75. The first-order valence-corrected chi connectivity index (χ1v) is 16.6. The summed E-state index contributed by atoms with van der Waals surface area (Å²) in [5.41, 5.74) is 5.43. The number of pyridine rings is 2. The zero-order chi connectivity index (χ0) is 36.1. The number of carbonyl (C=O) groups is 2. The van der Waals surface area contributed by atoms with Crippen LogP contribution in [0.5, 0.6) is 17.2 Å². The van der Waals surface area contributed by atoms with Crippen LogP contribution < -0.4 is 26.1 Å². The molecule has 1 amide bonds. The molecule has 0 bridgehead atoms. The van der Waals surface area contributed by atoms with Gasteiger partial charge in [-0.25, -0.2) is 9.67 Å². The highest BCUT2D eigenvalue weighted by Crippen LogP contribution is 2.31. The number of hydrogen-bond donors (Lipinski definition) is 4. The topological polar surface area (TPSA) is 218 Å². The monoisotopic (exact) mass is 692 g/mol. The first kappa shape index (κ1) is 36.3. The maximum absolute atomic E-state index is 13.7. The molecular formula is C33H36N6O9S. The molecule has 2 aromatic carbocycles. The molecule has 15 nitrogen and oxygen atoms in total. The van der Waals surface area contributed by atoms with Crippen LogP contribution in [0.4, 0.5) is 5.82 Å². The highest BCUT2D eigenvalue weighted by molar-refractivity contribution is 7.85. The van der Waals surface area contributed by atoms with Crippen molar-refractivity contribution in [3.63, 3.8) is 0 Å². The molecule has 5 rings (SSSR count). The molecule has 0 spiro atoms. The minimum Gasteiger partial charge on any atom is -0.497 e. The zero-order valence-electron chi connectivity index (χ0n) is 27.3. The highest BCUT2D eigenvalue weighted by Gasteiger charge is 2.36. The second kappa shape index (κ2) is 14.7. The van der Waals surface area contributed by atoms with Gasteiger partial charge in [0, 0.05) is 30.1 Å². The smallest absolute Gasteiger partial charge is 0.323 e. The van der Waals surface area contributed by atoms with E-state index in [0.717, 1.165) is 5.39 Å². The van der Waals surface area contributed by atoms with Crippen molar-refractivity contribution in [2.45, 2.75) is 32.9 Å². The van der Waals surface area contributed by atoms with E-state index in [2.05, 4.69) is 15.3 Å². The molecule has 0 radical (unpaired) electrons. The van der Waals surface area contributed by atoms with E-state index >= 15 is 0 Å². The lowest BCUT2D eigenvalue weighted by molar-refractivity contribution is -0.144. The standard InChI is InChI=1S/C32H32N6O6.CH4O3S/c1-19(32(3,33)31(41)42)18-37-20(2)28(30(40)38(37)21-8-6-5-7-9-21)29(39)36-27-13-11-23(17-35-27)44-26-14-15-34-25-16-22(43-4)10-12-24(25)26;1-5(2,3)4/h5-17,19H,18,33H2,1-4H3,(H,41,42)(H,35,36,39);1H3,(H,2,3,4)/t19-,32+;/m1./s1. The SMILES string of the molecule is COc1ccc2c(Oc3ccc(NC(=O)c4c(C)n(C[C@@H](C)[C@](C)(N)C(=O)O)n(-c5ccccc5)c4=O)nc3)ccnc2c1.CS(=O)(=O)O. The number of para-hydroxylation sites is 1. The number of benzene rings is 2. The quantitative estimate of drug-likeness (QED) is 0.153. The minimum absolute atomic E-state index is 0.0727. The molecule has 0 saturated carbocycles. The van der Waals surface area contributed by atoms with E-state index in [0.29, 0.717) is 40.4 Å². The summed E-state index contributed by atoms with van der Waals surface area (Å²) >= 11 is 0. The van der Waals surface area contributed by atoms with Gasteiger partial charge in [-0.1, -0.05) is 25.1 Å². The molecule has 2 atom stereocenters. The average Bonchev–Trinajstić information content (AvgIpc) is 3.29. The van der Waals surface area contributed by atoms with Crippen molar-refractivity contribution in [2.75, 3.05) is 18.7 Å². The van der Waals surface area contributed by atoms with Crippen LogP contribution in [0.15, 0.2) is 83.9 Å². The summed E-state index contributed by atoms with van der Waals surface area (Å²) in [4.78, 5) is 47.6. The van der Waals surface area contributed by atoms with Crippen molar-refractivity contribution in [2.24, 2.45) is 11.7 Å². The number of ether oxygens (including phenoxy) is 2. The summed E-state index contributed by atoms with van der Waals surface area (Å²) in [6, 6.07) is 19.2. The molecule has 3 aromatic heterocycles. The number of hydrogen-bond acceptors (Lipinski definition) is 10. The van der Waals surface area contributed by atoms with Crippen LogP contribution in [-0.4, -0.2) is 68.2 Å². The molecule has 0 aliphatic rings. The van der Waals surface area contributed by atoms with Crippen LogP contribution in [0.1, 0.15) is 29.9 Å². The van der Waals surface area contributed by atoms with E-state index in [1.807, 2.05) is 18.2 Å². The van der Waals surface area contributed by atoms with Crippen LogP contribution in [0, 0.1) is 12.8 Å². The third-order valence-electron chi connectivity index (χ3n) is 7.67. The lowest BCUT2D eigenvalue weighted by atomic mass is 9.88. The number of amides is 1. The number of carboxylic acid groups (broad SMARTS) is 1. The largest absolute Gasteiger partial charge is 0.497 e. The Kier molecular flexibility index (Phi) is 10.9. The van der Waals surface area contributed by atoms with Gasteiger partial charge < -0.3 is 25.6 Å². The predicted molar refractivity (Wildman–Crippen MR) is 182 cm³/mol. The third-order valence-corrected chi connectivity index (χ3v) is 7.67. The number of nitrogens with zero attached hydrogens (tertiary/aromatic N) is 4. The number of aliphatic carboxylic acids is 1. The number of methoxy groups -OCH3 is 1. The van der Waals surface area contributed by atoms with E-state index in [9.17, 15) is 27.9 Å². The van der Waals surface area contributed by atoms with Crippen molar-refractivity contribution >= 4 is 38.7 Å². The molecule has 16 heteroatoms. The number of carbonyl (C=O) groups excluding carboxylic acids is 1. The summed E-state index contributed by atoms with van der Waals surface area (Å²) in [5, 5.41) is 13.1. The fraction of sp³-hybridized carbons (Fsp3) is 0.242. The Labute approximate surface area is 281 Å². The van der Waals surface area contributed by atoms with Crippen LogP contribution in [0.2, 0.25) is 0 Å². The van der Waals surface area contributed by atoms with Gasteiger partial charge in [-0.15, -0.1) is 0 Å². The first-order chi connectivity index (χ1) is 23.0. The van der Waals surface area contributed by atoms with Crippen molar-refractivity contribution in [1.29, 1.82) is 0 Å². The zero-order valence-corrected chi connectivity index (χ0v) is 28.1. The molecule has 5 N–H and O–H groups in total. The second-order valence-electron chi connectivity index (χ2n) is 11.3. The summed E-state index contributed by atoms with van der Waals surface area (Å²) in [7, 11) is -2.08. The first-order valence-electron chi connectivity index (χ1n) is 14.7. The number of aromatic nitrogens is 4. The summed E-state index contributed by atoms with van der Waals surface area (Å²) < 4.78 is 40.1. The lowest BCUT2D eigenvalue weighted by Gasteiger charge is -2.28. The van der Waals surface area contributed by atoms with Gasteiger partial charge in [0.2, 0.25) is 0 Å². The lowest BCUT2D eigenvalue weighted by Crippen LogP contribution is -2.52. The van der Waals surface area contributed by atoms with E-state index in [1.54, 1.807) is 80.4 Å². The molecule has 0 saturated heterocycles. The van der Waals surface area contributed by atoms with Gasteiger partial charge in [-0.05, 0) is 56.3 Å². The number of fused-ring (bicyclic) bond motifs is 1. The molecule has 0 unspecified atom stereocenters. The number of nitrogens with one attached hydrogen (secondary N) is 1. The Hall–Kier alpha value is -5.58. The van der Waals surface area contributed by atoms with Crippen LogP contribution in [0.25, 0.3) is 16.6 Å². The van der Waals surface area contributed by atoms with Gasteiger partial charge in [0.1, 0.15) is 34.2 Å². The van der Waals surface area contributed by atoms with Gasteiger partial charge in [0.25, 0.3) is 21.6 Å². The maximum atomic E-state index is 13.7. The van der Waals surface area contributed by atoms with Crippen LogP contribution in [0.3, 0.4) is 0 Å². The van der Waals surface area contributed by atoms with E-state index in [4.69, 9.17) is 19.8 Å². The summed E-state index contributed by atoms with van der Waals surface area (Å²) in [6.45, 7) is 4.82. The Bertz CT molecular complexity index is 2140. The maximum Gasteiger partial charge on any atom is 0.323 e. The third kappa shape index (κ3) is 8.67. The minimum atomic E-state index is -3.67. The second-order valence-corrected chi connectivity index (χ2v) is 12.8. The number of anilines is 1. The van der Waals surface area contributed by atoms with Crippen molar-refractivity contribution in [3.05, 3.63) is 101 Å². The molecule has 258 valence electrons. The van der Waals surface area contributed by atoms with Gasteiger partial charge in [-0.2, -0.15) is 8.42 Å². The van der Waals surface area contributed by atoms with Crippen molar-refractivity contribution in [3.8, 4) is 22.9 Å². The Morgan fingerprint density at radius 3 is 2.31 bits per heavy atom. The predicted octanol–water partition coefficient (Wildman–Crippen LogP) is 3.89. The number of rotatable bonds is 10. The Morgan fingerprint density at radius 1 is 1.06 bits per heavy atom. The molecule has 49 heavy (non-hydrogen) atoms. The van der Waals surface area contributed by atoms with Gasteiger partial charge in [0.15, 0.2) is 0 Å². The molecule has 0 aliphatic heterocycles. The number of nitrogens with two attached hydrogens (primary N) is 1. The summed E-state index contributed by atoms with van der Waals surface area (Å²) in [6.07, 6.45) is 3.81. The van der Waals surface area contributed by atoms with E-state index in [1.165, 1.54) is 17.8 Å². The van der Waals surface area contributed by atoms with Crippen LogP contribution >= 0.6 is 0 Å². The van der Waals surface area contributed by atoms with Gasteiger partial charge in [0.05, 0.1) is 36.5 Å². The number of carboxylic acids is 1.